The molecule has 5 nitrogen and oxygen atoms in total. The highest BCUT2D eigenvalue weighted by Crippen LogP contribution is 2.39. The Morgan fingerprint density at radius 2 is 1.88 bits per heavy atom. The molecule has 0 bridgehead atoms. The van der Waals surface area contributed by atoms with Gasteiger partial charge in [-0.3, -0.25) is 9.36 Å². The van der Waals surface area contributed by atoms with E-state index in [0.717, 1.165) is 0 Å². The Morgan fingerprint density at radius 3 is 2.29 bits per heavy atom. The minimum absolute atomic E-state index is 0.285. The van der Waals surface area contributed by atoms with E-state index < -0.39 is 7.60 Å². The molecule has 0 aliphatic rings. The van der Waals surface area contributed by atoms with Crippen molar-refractivity contribution in [2.75, 3.05) is 5.32 Å². The quantitative estimate of drug-likeness (QED) is 0.566. The van der Waals surface area contributed by atoms with Crippen LogP contribution < -0.4 is 5.32 Å². The van der Waals surface area contributed by atoms with Gasteiger partial charge >= 0.3 is 7.60 Å². The average molecular weight is 255 g/mol. The summed E-state index contributed by atoms with van der Waals surface area (Å²) in [7, 11) is -4.05. The normalized spacial score (nSPS) is 11.0. The largest absolute Gasteiger partial charge is 0.329 e. The Morgan fingerprint density at radius 1 is 1.35 bits per heavy atom. The minimum atomic E-state index is -4.05. The first kappa shape index (κ1) is 13.6. The van der Waals surface area contributed by atoms with Crippen LogP contribution in [0.4, 0.5) is 5.69 Å². The molecule has 0 saturated heterocycles. The van der Waals surface area contributed by atoms with E-state index in [-0.39, 0.29) is 12.1 Å². The second-order valence-electron chi connectivity index (χ2n) is 3.75. The first-order valence-electron chi connectivity index (χ1n) is 4.88. The van der Waals surface area contributed by atoms with E-state index in [1.165, 1.54) is 0 Å². The highest BCUT2D eigenvalue weighted by molar-refractivity contribution is 7.50. The molecule has 1 aromatic rings. The number of rotatable bonds is 4. The van der Waals surface area contributed by atoms with Gasteiger partial charge in [-0.2, -0.15) is 0 Å². The van der Waals surface area contributed by atoms with Crippen LogP contribution in [0, 0.1) is 0 Å². The van der Waals surface area contributed by atoms with Crippen LogP contribution in [0.1, 0.15) is 12.5 Å². The van der Waals surface area contributed by atoms with Gasteiger partial charge < -0.3 is 15.1 Å². The van der Waals surface area contributed by atoms with Crippen LogP contribution in [0.25, 0.3) is 0 Å². The van der Waals surface area contributed by atoms with E-state index in [0.29, 0.717) is 16.8 Å². The predicted octanol–water partition coefficient (Wildman–Crippen LogP) is 1.88. The number of carbonyl (C=O) groups excluding carboxylic acids is 1. The Labute approximate surface area is 99.3 Å². The minimum Gasteiger partial charge on any atom is -0.324 e. The van der Waals surface area contributed by atoms with E-state index in [1.807, 2.05) is 0 Å². The molecule has 0 radical (unpaired) electrons. The number of nitrogens with one attached hydrogen (secondary N) is 1. The van der Waals surface area contributed by atoms with Crippen molar-refractivity contribution in [3.8, 4) is 0 Å². The summed E-state index contributed by atoms with van der Waals surface area (Å²) in [6.45, 7) is 5.10. The zero-order valence-corrected chi connectivity index (χ0v) is 10.3. The van der Waals surface area contributed by atoms with Crippen LogP contribution in [0.2, 0.25) is 0 Å². The average Bonchev–Trinajstić information content (AvgIpc) is 2.18. The summed E-state index contributed by atoms with van der Waals surface area (Å²) in [5, 5.41) is 2.60. The summed E-state index contributed by atoms with van der Waals surface area (Å²) in [5.74, 6) is -0.285. The molecule has 0 heterocycles. The third-order valence-corrected chi connectivity index (χ3v) is 2.77. The van der Waals surface area contributed by atoms with Gasteiger partial charge in [-0.25, -0.2) is 0 Å². The van der Waals surface area contributed by atoms with Crippen molar-refractivity contribution in [1.82, 2.24) is 0 Å². The number of hydrogen-bond donors (Lipinski definition) is 3. The molecule has 0 aliphatic carbocycles. The van der Waals surface area contributed by atoms with Gasteiger partial charge in [0.05, 0.1) is 6.16 Å². The Balaban J connectivity index is 2.72. The molecule has 0 atom stereocenters. The lowest BCUT2D eigenvalue weighted by atomic mass is 10.2. The van der Waals surface area contributed by atoms with E-state index in [9.17, 15) is 9.36 Å². The van der Waals surface area contributed by atoms with Gasteiger partial charge in [-0.15, -0.1) is 0 Å². The third-order valence-electron chi connectivity index (χ3n) is 1.99. The molecule has 1 aromatic carbocycles. The molecule has 0 aromatic heterocycles. The molecule has 0 unspecified atom stereocenters. The smallest absolute Gasteiger partial charge is 0.324 e. The molecule has 92 valence electrons. The van der Waals surface area contributed by atoms with Gasteiger partial charge in [0, 0.05) is 11.3 Å². The van der Waals surface area contributed by atoms with Crippen molar-refractivity contribution in [2.45, 2.75) is 13.1 Å². The third kappa shape index (κ3) is 4.95. The van der Waals surface area contributed by atoms with Crippen molar-refractivity contribution < 1.29 is 19.1 Å². The number of anilines is 1. The van der Waals surface area contributed by atoms with E-state index in [1.54, 1.807) is 31.2 Å². The molecule has 1 rings (SSSR count). The molecule has 6 heteroatoms. The topological polar surface area (TPSA) is 86.6 Å². The van der Waals surface area contributed by atoms with Crippen molar-refractivity contribution in [2.24, 2.45) is 0 Å². The van der Waals surface area contributed by atoms with Crippen LogP contribution >= 0.6 is 7.60 Å². The summed E-state index contributed by atoms with van der Waals surface area (Å²) in [4.78, 5) is 28.9. The Hall–Kier alpha value is -1.42. The Kier molecular flexibility index (Phi) is 4.23. The molecule has 0 spiro atoms. The zero-order chi connectivity index (χ0) is 13.1. The molecule has 0 fully saturated rings. The fourth-order valence-electron chi connectivity index (χ4n) is 1.17. The molecule has 0 saturated carbocycles. The molecule has 1 amide bonds. The monoisotopic (exact) mass is 255 g/mol. The van der Waals surface area contributed by atoms with Crippen LogP contribution in [0.15, 0.2) is 36.4 Å². The maximum atomic E-state index is 11.3. The van der Waals surface area contributed by atoms with Crippen molar-refractivity contribution in [3.05, 3.63) is 42.0 Å². The number of carbonyl (C=O) groups is 1. The van der Waals surface area contributed by atoms with Crippen LogP contribution in [-0.2, 0) is 15.5 Å². The zero-order valence-electron chi connectivity index (χ0n) is 9.38. The molecule has 0 aliphatic heterocycles. The summed E-state index contributed by atoms with van der Waals surface area (Å²) in [6, 6.07) is 6.30. The number of hydrogen-bond acceptors (Lipinski definition) is 2. The Bertz CT molecular complexity index is 475. The maximum absolute atomic E-state index is 11.3. The van der Waals surface area contributed by atoms with Crippen LogP contribution in [0.5, 0.6) is 0 Å². The van der Waals surface area contributed by atoms with Gasteiger partial charge in [0.15, 0.2) is 0 Å². The summed E-state index contributed by atoms with van der Waals surface area (Å²) in [6.07, 6.45) is -0.304. The first-order chi connectivity index (χ1) is 7.78. The lowest BCUT2D eigenvalue weighted by molar-refractivity contribution is -0.112. The molecular formula is C11H14NO4P. The molecule has 3 N–H and O–H groups in total. The van der Waals surface area contributed by atoms with Crippen LogP contribution in [-0.4, -0.2) is 15.7 Å². The highest BCUT2D eigenvalue weighted by Gasteiger charge is 2.13. The van der Waals surface area contributed by atoms with Gasteiger partial charge in [-0.1, -0.05) is 18.7 Å². The van der Waals surface area contributed by atoms with Gasteiger partial charge in [0.25, 0.3) is 5.91 Å². The van der Waals surface area contributed by atoms with E-state index >= 15 is 0 Å². The van der Waals surface area contributed by atoms with Gasteiger partial charge in [0.1, 0.15) is 0 Å². The lowest BCUT2D eigenvalue weighted by Crippen LogP contribution is -2.11. The summed E-state index contributed by atoms with van der Waals surface area (Å²) in [5.41, 5.74) is 1.48. The lowest BCUT2D eigenvalue weighted by Gasteiger charge is -2.07. The van der Waals surface area contributed by atoms with Gasteiger partial charge in [0.2, 0.25) is 0 Å². The van der Waals surface area contributed by atoms with Crippen molar-refractivity contribution in [1.29, 1.82) is 0 Å². The fraction of sp³-hybridized carbons (Fsp3) is 0.182. The van der Waals surface area contributed by atoms with Crippen molar-refractivity contribution in [3.63, 3.8) is 0 Å². The second-order valence-corrected chi connectivity index (χ2v) is 5.40. The standard InChI is InChI=1S/C11H14NO4P/c1-8(2)11(13)12-10-5-3-9(4-6-10)7-17(14,15)16/h3-6H,1,7H2,2H3,(H,12,13)(H2,14,15,16). The van der Waals surface area contributed by atoms with Gasteiger partial charge in [-0.05, 0) is 24.6 Å². The SMILES string of the molecule is C=C(C)C(=O)Nc1ccc(CP(=O)(O)O)cc1. The molecular weight excluding hydrogens is 241 g/mol. The number of amides is 1. The van der Waals surface area contributed by atoms with E-state index in [4.69, 9.17) is 9.79 Å². The summed E-state index contributed by atoms with van der Waals surface area (Å²) < 4.78 is 10.8. The molecule has 17 heavy (non-hydrogen) atoms. The first-order valence-corrected chi connectivity index (χ1v) is 6.68. The predicted molar refractivity (Wildman–Crippen MR) is 65.6 cm³/mol. The fourth-order valence-corrected chi connectivity index (χ4v) is 1.86. The maximum Gasteiger partial charge on any atom is 0.329 e. The van der Waals surface area contributed by atoms with E-state index in [2.05, 4.69) is 11.9 Å². The number of benzene rings is 1. The van der Waals surface area contributed by atoms with Crippen molar-refractivity contribution >= 4 is 19.2 Å². The van der Waals surface area contributed by atoms with Crippen LogP contribution in [0.3, 0.4) is 0 Å². The second kappa shape index (κ2) is 5.27. The summed E-state index contributed by atoms with van der Waals surface area (Å²) >= 11 is 0. The highest BCUT2D eigenvalue weighted by atomic mass is 31.2.